The second kappa shape index (κ2) is 7.40. The molecular weight excluding hydrogens is 334 g/mol. The number of methoxy groups -OCH3 is 1. The van der Waals surface area contributed by atoms with Gasteiger partial charge in [-0.05, 0) is 29.8 Å². The van der Waals surface area contributed by atoms with Crippen molar-refractivity contribution in [3.05, 3.63) is 64.9 Å². The van der Waals surface area contributed by atoms with Crippen LogP contribution in [0.5, 0.6) is 11.5 Å². The Morgan fingerprint density at radius 3 is 2.62 bits per heavy atom. The molecular formula is C19H15N3O4. The lowest BCUT2D eigenvalue weighted by Crippen LogP contribution is -2.22. The molecule has 7 nitrogen and oxygen atoms in total. The third kappa shape index (κ3) is 3.65. The maximum absolute atomic E-state index is 11.6. The Kier molecular flexibility index (Phi) is 4.85. The van der Waals surface area contributed by atoms with Gasteiger partial charge in [0.2, 0.25) is 0 Å². The summed E-state index contributed by atoms with van der Waals surface area (Å²) in [5.74, 6) is 0.489. The highest BCUT2D eigenvalue weighted by molar-refractivity contribution is 6.14. The monoisotopic (exact) mass is 349 g/mol. The molecule has 1 saturated heterocycles. The van der Waals surface area contributed by atoms with E-state index in [4.69, 9.17) is 14.7 Å². The van der Waals surface area contributed by atoms with E-state index in [2.05, 4.69) is 16.7 Å². The van der Waals surface area contributed by atoms with E-state index in [1.165, 1.54) is 13.2 Å². The van der Waals surface area contributed by atoms with E-state index >= 15 is 0 Å². The minimum atomic E-state index is -0.552. The summed E-state index contributed by atoms with van der Waals surface area (Å²) in [6.07, 6.45) is 1.54. The normalized spacial score (nSPS) is 14.5. The van der Waals surface area contributed by atoms with Gasteiger partial charge in [-0.25, -0.2) is 4.79 Å². The fourth-order valence-electron chi connectivity index (χ4n) is 2.45. The number of nitriles is 1. The molecule has 0 atom stereocenters. The molecule has 2 N–H and O–H groups in total. The molecule has 0 radical (unpaired) electrons. The topological polar surface area (TPSA) is 100 Å². The van der Waals surface area contributed by atoms with Gasteiger partial charge in [0.25, 0.3) is 5.91 Å². The van der Waals surface area contributed by atoms with Gasteiger partial charge in [-0.3, -0.25) is 10.1 Å². The Morgan fingerprint density at radius 2 is 1.92 bits per heavy atom. The molecule has 0 spiro atoms. The number of urea groups is 1. The number of carbonyl (C=O) groups excluding carboxylic acids is 2. The first-order valence-corrected chi connectivity index (χ1v) is 7.73. The number of amides is 3. The molecule has 7 heteroatoms. The molecule has 0 saturated carbocycles. The number of imide groups is 1. The van der Waals surface area contributed by atoms with Crippen LogP contribution in [0.3, 0.4) is 0 Å². The average molecular weight is 349 g/mol. The summed E-state index contributed by atoms with van der Waals surface area (Å²) >= 11 is 0. The second-order valence-electron chi connectivity index (χ2n) is 5.43. The molecule has 1 fully saturated rings. The zero-order valence-corrected chi connectivity index (χ0v) is 13.9. The van der Waals surface area contributed by atoms with E-state index in [9.17, 15) is 9.59 Å². The third-order valence-electron chi connectivity index (χ3n) is 3.74. The van der Waals surface area contributed by atoms with Gasteiger partial charge in [-0.15, -0.1) is 0 Å². The van der Waals surface area contributed by atoms with Crippen LogP contribution in [0.2, 0.25) is 0 Å². The molecule has 0 bridgehead atoms. The highest BCUT2D eigenvalue weighted by Crippen LogP contribution is 2.30. The molecule has 130 valence electrons. The van der Waals surface area contributed by atoms with E-state index in [1.807, 2.05) is 12.1 Å². The number of nitrogens with one attached hydrogen (secondary N) is 2. The van der Waals surface area contributed by atoms with Gasteiger partial charge in [0.1, 0.15) is 12.3 Å². The van der Waals surface area contributed by atoms with E-state index in [0.717, 1.165) is 5.56 Å². The van der Waals surface area contributed by atoms with E-state index in [0.29, 0.717) is 22.6 Å². The fourth-order valence-corrected chi connectivity index (χ4v) is 2.45. The van der Waals surface area contributed by atoms with Crippen molar-refractivity contribution in [2.75, 3.05) is 7.11 Å². The van der Waals surface area contributed by atoms with Gasteiger partial charge in [0.15, 0.2) is 11.5 Å². The maximum atomic E-state index is 11.6. The van der Waals surface area contributed by atoms with Gasteiger partial charge in [-0.2, -0.15) is 5.26 Å². The Morgan fingerprint density at radius 1 is 1.12 bits per heavy atom. The fraction of sp³-hybridized carbons (Fsp3) is 0.105. The van der Waals surface area contributed by atoms with Crippen molar-refractivity contribution >= 4 is 18.0 Å². The van der Waals surface area contributed by atoms with Crippen molar-refractivity contribution in [1.82, 2.24) is 10.6 Å². The standard InChI is InChI=1S/C19H15N3O4/c1-25-17-9-12(8-15-18(23)22-19(24)21-15)6-7-16(17)26-11-14-5-3-2-4-13(14)10-20/h2-9H,11H2,1H3,(H2,21,22,23,24). The van der Waals surface area contributed by atoms with Crippen LogP contribution >= 0.6 is 0 Å². The number of nitrogens with zero attached hydrogens (tertiary/aromatic N) is 1. The summed E-state index contributed by atoms with van der Waals surface area (Å²) < 4.78 is 11.1. The summed E-state index contributed by atoms with van der Waals surface area (Å²) in [6.45, 7) is 0.221. The Balaban J connectivity index is 1.79. The number of carbonyl (C=O) groups is 2. The predicted octanol–water partition coefficient (Wildman–Crippen LogP) is 2.33. The van der Waals surface area contributed by atoms with Crippen LogP contribution in [0.4, 0.5) is 4.79 Å². The smallest absolute Gasteiger partial charge is 0.326 e. The first-order chi connectivity index (χ1) is 12.6. The number of hydrogen-bond acceptors (Lipinski definition) is 5. The highest BCUT2D eigenvalue weighted by Gasteiger charge is 2.22. The number of hydrogen-bond donors (Lipinski definition) is 2. The zero-order chi connectivity index (χ0) is 18.5. The molecule has 3 rings (SSSR count). The van der Waals surface area contributed by atoms with Crippen molar-refractivity contribution in [3.8, 4) is 17.6 Å². The lowest BCUT2D eigenvalue weighted by Gasteiger charge is -2.12. The summed E-state index contributed by atoms with van der Waals surface area (Å²) in [7, 11) is 1.51. The number of rotatable bonds is 5. The molecule has 0 unspecified atom stereocenters. The van der Waals surface area contributed by atoms with Crippen molar-refractivity contribution in [3.63, 3.8) is 0 Å². The van der Waals surface area contributed by atoms with Crippen LogP contribution < -0.4 is 20.1 Å². The second-order valence-corrected chi connectivity index (χ2v) is 5.43. The summed E-state index contributed by atoms with van der Waals surface area (Å²) in [5, 5.41) is 13.7. The quantitative estimate of drug-likeness (QED) is 0.637. The molecule has 26 heavy (non-hydrogen) atoms. The lowest BCUT2D eigenvalue weighted by atomic mass is 10.1. The van der Waals surface area contributed by atoms with Crippen molar-refractivity contribution in [1.29, 1.82) is 5.26 Å². The third-order valence-corrected chi connectivity index (χ3v) is 3.74. The van der Waals surface area contributed by atoms with Crippen molar-refractivity contribution in [2.24, 2.45) is 0 Å². The SMILES string of the molecule is COc1cc(C=C2NC(=O)NC2=O)ccc1OCc1ccccc1C#N. The molecule has 2 aromatic carbocycles. The molecule has 0 aliphatic carbocycles. The summed E-state index contributed by atoms with van der Waals surface area (Å²) in [5.41, 5.74) is 2.15. The summed E-state index contributed by atoms with van der Waals surface area (Å²) in [6, 6.07) is 13.9. The minimum Gasteiger partial charge on any atom is -0.493 e. The Bertz CT molecular complexity index is 944. The van der Waals surface area contributed by atoms with Crippen LogP contribution in [0.25, 0.3) is 6.08 Å². The van der Waals surface area contributed by atoms with Gasteiger partial charge < -0.3 is 14.8 Å². The first kappa shape index (κ1) is 17.0. The van der Waals surface area contributed by atoms with Crippen LogP contribution in [-0.4, -0.2) is 19.0 Å². The van der Waals surface area contributed by atoms with Gasteiger partial charge in [0, 0.05) is 5.56 Å². The van der Waals surface area contributed by atoms with Crippen LogP contribution in [0.15, 0.2) is 48.2 Å². The molecule has 2 aromatic rings. The molecule has 1 aliphatic heterocycles. The maximum Gasteiger partial charge on any atom is 0.326 e. The molecule has 1 heterocycles. The van der Waals surface area contributed by atoms with Crippen LogP contribution in [-0.2, 0) is 11.4 Å². The first-order valence-electron chi connectivity index (χ1n) is 7.73. The van der Waals surface area contributed by atoms with E-state index in [1.54, 1.807) is 30.3 Å². The molecule has 1 aliphatic rings. The minimum absolute atomic E-state index is 0.161. The highest BCUT2D eigenvalue weighted by atomic mass is 16.5. The van der Waals surface area contributed by atoms with Gasteiger partial charge >= 0.3 is 6.03 Å². The largest absolute Gasteiger partial charge is 0.493 e. The van der Waals surface area contributed by atoms with Crippen LogP contribution in [0, 0.1) is 11.3 Å². The van der Waals surface area contributed by atoms with Crippen molar-refractivity contribution in [2.45, 2.75) is 6.61 Å². The van der Waals surface area contributed by atoms with Gasteiger partial charge in [0.05, 0.1) is 18.7 Å². The predicted molar refractivity (Wildman–Crippen MR) is 93.1 cm³/mol. The average Bonchev–Trinajstić information content (AvgIpc) is 2.97. The van der Waals surface area contributed by atoms with Gasteiger partial charge in [-0.1, -0.05) is 24.3 Å². The number of ether oxygens (including phenoxy) is 2. The number of benzene rings is 2. The summed E-state index contributed by atoms with van der Waals surface area (Å²) in [4.78, 5) is 22.7. The van der Waals surface area contributed by atoms with Crippen LogP contribution in [0.1, 0.15) is 16.7 Å². The van der Waals surface area contributed by atoms with Crippen molar-refractivity contribution < 1.29 is 19.1 Å². The molecule has 0 aromatic heterocycles. The Labute approximate surface area is 149 Å². The molecule has 3 amide bonds. The zero-order valence-electron chi connectivity index (χ0n) is 13.9. The van der Waals surface area contributed by atoms with E-state index < -0.39 is 11.9 Å². The lowest BCUT2D eigenvalue weighted by molar-refractivity contribution is -0.115. The van der Waals surface area contributed by atoms with E-state index in [-0.39, 0.29) is 12.3 Å². The Hall–Kier alpha value is -3.79.